The van der Waals surface area contributed by atoms with E-state index in [-0.39, 0.29) is 18.4 Å². The number of hydrogen-bond acceptors (Lipinski definition) is 6. The number of amides is 2. The minimum atomic E-state index is -0.414. The van der Waals surface area contributed by atoms with Crippen LogP contribution in [-0.2, 0) is 4.79 Å². The van der Waals surface area contributed by atoms with Crippen LogP contribution in [0, 0.1) is 5.82 Å². The van der Waals surface area contributed by atoms with Gasteiger partial charge in [-0.25, -0.2) is 4.39 Å². The maximum absolute atomic E-state index is 13.6. The Kier molecular flexibility index (Phi) is 4.40. The number of hydrazine groups is 1. The van der Waals surface area contributed by atoms with Crippen LogP contribution in [0.1, 0.15) is 10.4 Å². The molecule has 0 saturated carbocycles. The molecule has 1 aromatic heterocycles. The summed E-state index contributed by atoms with van der Waals surface area (Å²) in [6, 6.07) is 12.5. The van der Waals surface area contributed by atoms with E-state index in [4.69, 9.17) is 0 Å². The minimum Gasteiger partial charge on any atom is -0.363 e. The molecular weight excluding hydrogens is 365 g/mol. The van der Waals surface area contributed by atoms with Crippen LogP contribution in [0.4, 0.5) is 27.3 Å². The van der Waals surface area contributed by atoms with Gasteiger partial charge in [0.1, 0.15) is 18.6 Å². The molecule has 0 unspecified atom stereocenters. The third-order valence-corrected chi connectivity index (χ3v) is 4.35. The van der Waals surface area contributed by atoms with Crippen molar-refractivity contribution in [2.24, 2.45) is 0 Å². The largest absolute Gasteiger partial charge is 0.363 e. The molecule has 9 heteroatoms. The number of aromatic nitrogens is 1. The molecule has 2 heterocycles. The summed E-state index contributed by atoms with van der Waals surface area (Å²) in [7, 11) is 1.61. The molecule has 4 rings (SSSR count). The summed E-state index contributed by atoms with van der Waals surface area (Å²) in [6.45, 7) is 0.0868. The number of anilines is 4. The van der Waals surface area contributed by atoms with E-state index in [1.807, 2.05) is 0 Å². The van der Waals surface area contributed by atoms with Crippen molar-refractivity contribution in [3.63, 3.8) is 0 Å². The Morgan fingerprint density at radius 3 is 2.64 bits per heavy atom. The van der Waals surface area contributed by atoms with Gasteiger partial charge in [-0.1, -0.05) is 5.16 Å². The van der Waals surface area contributed by atoms with Crippen LogP contribution in [0.3, 0.4) is 0 Å². The molecule has 2 aromatic carbocycles. The van der Waals surface area contributed by atoms with Gasteiger partial charge in [0.05, 0.1) is 17.1 Å². The van der Waals surface area contributed by atoms with Gasteiger partial charge in [0.15, 0.2) is 5.82 Å². The van der Waals surface area contributed by atoms with Gasteiger partial charge in [-0.3, -0.25) is 20.0 Å². The van der Waals surface area contributed by atoms with Gasteiger partial charge in [0.25, 0.3) is 5.91 Å². The van der Waals surface area contributed by atoms with Crippen LogP contribution in [0.5, 0.6) is 0 Å². The van der Waals surface area contributed by atoms with Gasteiger partial charge in [-0.05, 0) is 42.5 Å². The molecule has 0 bridgehead atoms. The van der Waals surface area contributed by atoms with Crippen LogP contribution >= 0.6 is 0 Å². The van der Waals surface area contributed by atoms with Crippen LogP contribution in [0.25, 0.3) is 0 Å². The molecule has 1 aliphatic heterocycles. The fourth-order valence-corrected chi connectivity index (χ4v) is 2.87. The Morgan fingerprint density at radius 2 is 1.93 bits per heavy atom. The fraction of sp³-hybridized carbons (Fsp3) is 0.105. The number of halogens is 1. The van der Waals surface area contributed by atoms with Crippen molar-refractivity contribution in [1.29, 1.82) is 0 Å². The van der Waals surface area contributed by atoms with E-state index in [1.54, 1.807) is 48.5 Å². The number of carbonyl (C=O) groups is 2. The summed E-state index contributed by atoms with van der Waals surface area (Å²) in [5.74, 6) is -0.583. The van der Waals surface area contributed by atoms with Gasteiger partial charge in [0.2, 0.25) is 5.91 Å². The molecule has 0 atom stereocenters. The van der Waals surface area contributed by atoms with Crippen molar-refractivity contribution in [1.82, 2.24) is 5.16 Å². The summed E-state index contributed by atoms with van der Waals surface area (Å²) < 4.78 is 18.3. The molecule has 142 valence electrons. The zero-order chi connectivity index (χ0) is 19.7. The lowest BCUT2D eigenvalue weighted by Crippen LogP contribution is -2.46. The summed E-state index contributed by atoms with van der Waals surface area (Å²) in [4.78, 5) is 25.8. The highest BCUT2D eigenvalue weighted by atomic mass is 19.1. The highest BCUT2D eigenvalue weighted by molar-refractivity contribution is 6.04. The van der Waals surface area contributed by atoms with Crippen LogP contribution in [0.15, 0.2) is 59.3 Å². The fourth-order valence-electron chi connectivity index (χ4n) is 2.87. The first-order valence-corrected chi connectivity index (χ1v) is 8.43. The molecule has 2 amide bonds. The Morgan fingerprint density at radius 1 is 1.14 bits per heavy atom. The van der Waals surface area contributed by atoms with Gasteiger partial charge >= 0.3 is 0 Å². The minimum absolute atomic E-state index is 0.0868. The quantitative estimate of drug-likeness (QED) is 0.722. The molecule has 0 fully saturated rings. The average molecular weight is 381 g/mol. The molecule has 0 radical (unpaired) electrons. The molecule has 0 spiro atoms. The molecular formula is C19H16FN5O3. The second-order valence-corrected chi connectivity index (χ2v) is 6.20. The molecule has 3 aromatic rings. The Bertz CT molecular complexity index is 1020. The molecule has 8 nitrogen and oxygen atoms in total. The van der Waals surface area contributed by atoms with Crippen LogP contribution in [0.2, 0.25) is 0 Å². The zero-order valence-corrected chi connectivity index (χ0v) is 14.8. The van der Waals surface area contributed by atoms with E-state index in [2.05, 4.69) is 20.4 Å². The van der Waals surface area contributed by atoms with E-state index in [0.717, 1.165) is 0 Å². The lowest BCUT2D eigenvalue weighted by atomic mass is 10.1. The third kappa shape index (κ3) is 3.37. The van der Waals surface area contributed by atoms with Gasteiger partial charge < -0.3 is 14.7 Å². The van der Waals surface area contributed by atoms with Gasteiger partial charge in [0, 0.05) is 18.7 Å². The molecule has 0 aliphatic carbocycles. The SMILES string of the molecule is CN1C(=O)CN(Nc2ccc(C(=O)Nc3ccon3)cc2)c2ccc(F)cc21. The lowest BCUT2D eigenvalue weighted by molar-refractivity contribution is -0.117. The standard InChI is InChI=1S/C19H16FN5O3/c1-24-16-10-13(20)4-7-15(16)25(11-18(24)26)22-14-5-2-12(3-6-14)19(27)21-17-8-9-28-23-17/h2-10,22H,11H2,1H3,(H,21,23,27). The second-order valence-electron chi connectivity index (χ2n) is 6.20. The van der Waals surface area contributed by atoms with E-state index >= 15 is 0 Å². The van der Waals surface area contributed by atoms with E-state index in [1.165, 1.54) is 23.3 Å². The number of nitrogens with one attached hydrogen (secondary N) is 2. The predicted octanol–water partition coefficient (Wildman–Crippen LogP) is 2.88. The number of benzene rings is 2. The van der Waals surface area contributed by atoms with Gasteiger partial charge in [-0.2, -0.15) is 0 Å². The highest BCUT2D eigenvalue weighted by Gasteiger charge is 2.27. The molecule has 2 N–H and O–H groups in total. The van der Waals surface area contributed by atoms with Crippen molar-refractivity contribution >= 4 is 34.7 Å². The number of rotatable bonds is 4. The van der Waals surface area contributed by atoms with Crippen LogP contribution in [-0.4, -0.2) is 30.6 Å². The molecule has 0 saturated heterocycles. The monoisotopic (exact) mass is 381 g/mol. The van der Waals surface area contributed by atoms with Crippen molar-refractivity contribution in [3.05, 3.63) is 66.2 Å². The van der Waals surface area contributed by atoms with Crippen molar-refractivity contribution in [2.45, 2.75) is 0 Å². The molecule has 28 heavy (non-hydrogen) atoms. The summed E-state index contributed by atoms with van der Waals surface area (Å²) in [5.41, 5.74) is 5.39. The lowest BCUT2D eigenvalue weighted by Gasteiger charge is -2.36. The predicted molar refractivity (Wildman–Crippen MR) is 102 cm³/mol. The number of likely N-dealkylation sites (N-methyl/N-ethyl adjacent to an activating group) is 1. The first kappa shape index (κ1) is 17.5. The maximum Gasteiger partial charge on any atom is 0.256 e. The van der Waals surface area contributed by atoms with E-state index < -0.39 is 5.82 Å². The average Bonchev–Trinajstić information content (AvgIpc) is 3.19. The first-order chi connectivity index (χ1) is 13.5. The summed E-state index contributed by atoms with van der Waals surface area (Å²) in [6.07, 6.45) is 1.36. The third-order valence-electron chi connectivity index (χ3n) is 4.35. The second kappa shape index (κ2) is 7.03. The number of carbonyl (C=O) groups excluding carboxylic acids is 2. The van der Waals surface area contributed by atoms with E-state index in [0.29, 0.717) is 28.4 Å². The van der Waals surface area contributed by atoms with Crippen LogP contribution < -0.4 is 20.7 Å². The smallest absolute Gasteiger partial charge is 0.256 e. The van der Waals surface area contributed by atoms with Crippen molar-refractivity contribution < 1.29 is 18.5 Å². The molecule has 1 aliphatic rings. The van der Waals surface area contributed by atoms with Crippen molar-refractivity contribution in [2.75, 3.05) is 34.2 Å². The van der Waals surface area contributed by atoms with E-state index in [9.17, 15) is 14.0 Å². The topological polar surface area (TPSA) is 90.7 Å². The Labute approximate surface area is 159 Å². The Hall–Kier alpha value is -3.88. The number of fused-ring (bicyclic) bond motifs is 1. The highest BCUT2D eigenvalue weighted by Crippen LogP contribution is 2.33. The van der Waals surface area contributed by atoms with Crippen molar-refractivity contribution in [3.8, 4) is 0 Å². The maximum atomic E-state index is 13.6. The number of nitrogens with zero attached hydrogens (tertiary/aromatic N) is 3. The summed E-state index contributed by atoms with van der Waals surface area (Å²) >= 11 is 0. The zero-order valence-electron chi connectivity index (χ0n) is 14.8. The first-order valence-electron chi connectivity index (χ1n) is 8.43. The summed E-state index contributed by atoms with van der Waals surface area (Å²) in [5, 5.41) is 7.88. The Balaban J connectivity index is 1.51. The normalized spacial score (nSPS) is 13.3. The van der Waals surface area contributed by atoms with Gasteiger partial charge in [-0.15, -0.1) is 0 Å². The number of hydrogen-bond donors (Lipinski definition) is 2.